The molecular formula is C11H20N2O4S. The number of nitrogens with zero attached hydrogens (tertiary/aromatic N) is 1. The predicted molar refractivity (Wildman–Crippen MR) is 67.4 cm³/mol. The van der Waals surface area contributed by atoms with E-state index in [9.17, 15) is 18.0 Å². The van der Waals surface area contributed by atoms with Gasteiger partial charge in [-0.05, 0) is 25.7 Å². The third kappa shape index (κ3) is 5.59. The monoisotopic (exact) mass is 276 g/mol. The average molecular weight is 276 g/mol. The highest BCUT2D eigenvalue weighted by molar-refractivity contribution is 7.88. The van der Waals surface area contributed by atoms with Crippen LogP contribution in [0.25, 0.3) is 0 Å². The van der Waals surface area contributed by atoms with Crippen LogP contribution in [0.2, 0.25) is 0 Å². The lowest BCUT2D eigenvalue weighted by atomic mass is 9.98. The smallest absolute Gasteiger partial charge is 0.230 e. The minimum Gasteiger partial charge on any atom is -0.342 e. The molecule has 0 aromatic rings. The molecule has 1 fully saturated rings. The largest absolute Gasteiger partial charge is 0.342 e. The van der Waals surface area contributed by atoms with E-state index in [1.807, 2.05) is 0 Å². The number of Topliss-reactive ketones (excluding diaryl/α,β-unsaturated/α-hetero) is 1. The third-order valence-corrected chi connectivity index (χ3v) is 3.60. The van der Waals surface area contributed by atoms with Crippen molar-refractivity contribution in [1.29, 1.82) is 0 Å². The lowest BCUT2D eigenvalue weighted by molar-refractivity contribution is -0.136. The first-order chi connectivity index (χ1) is 8.28. The maximum absolute atomic E-state index is 11.7. The first-order valence-corrected chi connectivity index (χ1v) is 7.89. The summed E-state index contributed by atoms with van der Waals surface area (Å²) >= 11 is 0. The molecule has 1 amide bonds. The summed E-state index contributed by atoms with van der Waals surface area (Å²) in [5.41, 5.74) is 0. The Labute approximate surface area is 108 Å². The summed E-state index contributed by atoms with van der Waals surface area (Å²) < 4.78 is 24.5. The van der Waals surface area contributed by atoms with Crippen LogP contribution in [0.15, 0.2) is 0 Å². The molecule has 18 heavy (non-hydrogen) atoms. The van der Waals surface area contributed by atoms with E-state index < -0.39 is 10.0 Å². The topological polar surface area (TPSA) is 83.6 Å². The van der Waals surface area contributed by atoms with Gasteiger partial charge in [0.15, 0.2) is 0 Å². The van der Waals surface area contributed by atoms with Crippen molar-refractivity contribution in [3.05, 3.63) is 0 Å². The molecule has 1 unspecified atom stereocenters. The Hall–Kier alpha value is -0.950. The molecule has 1 aliphatic rings. The molecule has 1 aliphatic heterocycles. The summed E-state index contributed by atoms with van der Waals surface area (Å²) in [7, 11) is -3.19. The molecule has 1 saturated heterocycles. The average Bonchev–Trinajstić information content (AvgIpc) is 2.25. The number of amides is 1. The molecule has 1 heterocycles. The van der Waals surface area contributed by atoms with Gasteiger partial charge in [-0.25, -0.2) is 13.1 Å². The second-order valence-corrected chi connectivity index (χ2v) is 6.68. The number of sulfonamides is 1. The molecular weight excluding hydrogens is 256 g/mol. The summed E-state index contributed by atoms with van der Waals surface area (Å²) in [6, 6.07) is 0. The van der Waals surface area contributed by atoms with Crippen molar-refractivity contribution in [2.24, 2.45) is 5.92 Å². The lowest BCUT2D eigenvalue weighted by Gasteiger charge is -2.32. The van der Waals surface area contributed by atoms with E-state index in [-0.39, 0.29) is 24.0 Å². The minimum atomic E-state index is -3.19. The summed E-state index contributed by atoms with van der Waals surface area (Å²) in [5, 5.41) is 0. The zero-order chi connectivity index (χ0) is 13.8. The summed E-state index contributed by atoms with van der Waals surface area (Å²) in [5.74, 6) is -0.174. The van der Waals surface area contributed by atoms with Crippen LogP contribution in [-0.4, -0.2) is 50.9 Å². The number of ketones is 1. The quantitative estimate of drug-likeness (QED) is 0.702. The van der Waals surface area contributed by atoms with E-state index in [0.717, 1.165) is 19.1 Å². The standard InChI is InChI=1S/C11H20N2O4S/c1-9(14)6-11(15)13-5-3-4-10(8-13)7-12-18(2,16)17/h10,12H,3-8H2,1-2H3. The predicted octanol–water partition coefficient (Wildman–Crippen LogP) is -0.247. The van der Waals surface area contributed by atoms with Gasteiger partial charge in [0.05, 0.1) is 12.7 Å². The number of carbonyl (C=O) groups is 2. The maximum Gasteiger partial charge on any atom is 0.230 e. The first kappa shape index (κ1) is 15.1. The van der Waals surface area contributed by atoms with Gasteiger partial charge < -0.3 is 4.90 Å². The molecule has 0 spiro atoms. The Balaban J connectivity index is 2.45. The Morgan fingerprint density at radius 2 is 2.06 bits per heavy atom. The molecule has 6 nitrogen and oxygen atoms in total. The molecule has 104 valence electrons. The molecule has 0 saturated carbocycles. The van der Waals surface area contributed by atoms with Crippen molar-refractivity contribution < 1.29 is 18.0 Å². The number of rotatable bonds is 5. The fourth-order valence-electron chi connectivity index (χ4n) is 2.05. The van der Waals surface area contributed by atoms with Crippen LogP contribution in [0.4, 0.5) is 0 Å². The molecule has 1 rings (SSSR count). The molecule has 0 aromatic carbocycles. The summed E-state index contributed by atoms with van der Waals surface area (Å²) in [4.78, 5) is 24.3. The Morgan fingerprint density at radius 3 is 2.61 bits per heavy atom. The molecule has 0 radical (unpaired) electrons. The maximum atomic E-state index is 11.7. The Kier molecular flexibility index (Phi) is 5.28. The molecule has 0 bridgehead atoms. The van der Waals surface area contributed by atoms with E-state index >= 15 is 0 Å². The highest BCUT2D eigenvalue weighted by atomic mass is 32.2. The lowest BCUT2D eigenvalue weighted by Crippen LogP contribution is -2.44. The molecule has 0 aliphatic carbocycles. The number of nitrogens with one attached hydrogen (secondary N) is 1. The van der Waals surface area contributed by atoms with Crippen LogP contribution >= 0.6 is 0 Å². The van der Waals surface area contributed by atoms with Gasteiger partial charge in [0.25, 0.3) is 0 Å². The van der Waals surface area contributed by atoms with Crippen molar-refractivity contribution in [3.63, 3.8) is 0 Å². The van der Waals surface area contributed by atoms with Gasteiger partial charge >= 0.3 is 0 Å². The number of piperidine rings is 1. The number of hydrogen-bond acceptors (Lipinski definition) is 4. The SMILES string of the molecule is CC(=O)CC(=O)N1CCCC(CNS(C)(=O)=O)C1. The normalized spacial score (nSPS) is 20.8. The van der Waals surface area contributed by atoms with Crippen LogP contribution in [0.1, 0.15) is 26.2 Å². The Morgan fingerprint density at radius 1 is 1.39 bits per heavy atom. The second kappa shape index (κ2) is 6.29. The molecule has 1 N–H and O–H groups in total. The van der Waals surface area contributed by atoms with Crippen molar-refractivity contribution in [1.82, 2.24) is 9.62 Å². The number of carbonyl (C=O) groups excluding carboxylic acids is 2. The fourth-order valence-corrected chi connectivity index (χ4v) is 2.59. The van der Waals surface area contributed by atoms with E-state index in [1.165, 1.54) is 6.92 Å². The van der Waals surface area contributed by atoms with Crippen LogP contribution in [0, 0.1) is 5.92 Å². The minimum absolute atomic E-state index is 0.0633. The number of hydrogen-bond donors (Lipinski definition) is 1. The summed E-state index contributed by atoms with van der Waals surface area (Å²) in [6.45, 7) is 2.92. The van der Waals surface area contributed by atoms with E-state index in [4.69, 9.17) is 0 Å². The van der Waals surface area contributed by atoms with Crippen molar-refractivity contribution in [2.45, 2.75) is 26.2 Å². The zero-order valence-electron chi connectivity index (χ0n) is 10.8. The molecule has 7 heteroatoms. The van der Waals surface area contributed by atoms with Crippen molar-refractivity contribution >= 4 is 21.7 Å². The number of likely N-dealkylation sites (tertiary alicyclic amines) is 1. The summed E-state index contributed by atoms with van der Waals surface area (Å²) in [6.07, 6.45) is 2.80. The highest BCUT2D eigenvalue weighted by Gasteiger charge is 2.24. The zero-order valence-corrected chi connectivity index (χ0v) is 11.6. The van der Waals surface area contributed by atoms with Gasteiger partial charge in [0.1, 0.15) is 5.78 Å². The molecule has 0 aromatic heterocycles. The van der Waals surface area contributed by atoms with Crippen LogP contribution in [0.5, 0.6) is 0 Å². The van der Waals surface area contributed by atoms with Crippen LogP contribution < -0.4 is 4.72 Å². The Bertz CT molecular complexity index is 419. The van der Waals surface area contributed by atoms with Gasteiger partial charge in [0.2, 0.25) is 15.9 Å². The van der Waals surface area contributed by atoms with Crippen molar-refractivity contribution in [3.8, 4) is 0 Å². The fraction of sp³-hybridized carbons (Fsp3) is 0.818. The third-order valence-electron chi connectivity index (χ3n) is 2.91. The first-order valence-electron chi connectivity index (χ1n) is 6.00. The highest BCUT2D eigenvalue weighted by Crippen LogP contribution is 2.16. The molecule has 1 atom stereocenters. The van der Waals surface area contributed by atoms with E-state index in [2.05, 4.69) is 4.72 Å². The van der Waals surface area contributed by atoms with Crippen LogP contribution in [-0.2, 0) is 19.6 Å². The van der Waals surface area contributed by atoms with Gasteiger partial charge in [0, 0.05) is 19.6 Å². The van der Waals surface area contributed by atoms with Gasteiger partial charge in [-0.3, -0.25) is 9.59 Å². The van der Waals surface area contributed by atoms with Crippen LogP contribution in [0.3, 0.4) is 0 Å². The van der Waals surface area contributed by atoms with Crippen molar-refractivity contribution in [2.75, 3.05) is 25.9 Å². The van der Waals surface area contributed by atoms with Gasteiger partial charge in [-0.2, -0.15) is 0 Å². The van der Waals surface area contributed by atoms with E-state index in [1.54, 1.807) is 4.90 Å². The van der Waals surface area contributed by atoms with E-state index in [0.29, 0.717) is 19.6 Å². The van der Waals surface area contributed by atoms with Gasteiger partial charge in [-0.1, -0.05) is 0 Å². The van der Waals surface area contributed by atoms with Gasteiger partial charge in [-0.15, -0.1) is 0 Å². The second-order valence-electron chi connectivity index (χ2n) is 4.85.